The second kappa shape index (κ2) is 6.37. The first kappa shape index (κ1) is 16.3. The van der Waals surface area contributed by atoms with Gasteiger partial charge in [0.15, 0.2) is 5.82 Å². The van der Waals surface area contributed by atoms with Crippen LogP contribution in [0.1, 0.15) is 51.8 Å². The molecule has 1 aromatic heterocycles. The van der Waals surface area contributed by atoms with Gasteiger partial charge in [-0.15, -0.1) is 0 Å². The highest BCUT2D eigenvalue weighted by Crippen LogP contribution is 2.25. The monoisotopic (exact) mass is 308 g/mol. The molecule has 22 heavy (non-hydrogen) atoms. The lowest BCUT2D eigenvalue weighted by molar-refractivity contribution is -0.116. The molecule has 2 rings (SSSR count). The average Bonchev–Trinajstić information content (AvgIpc) is 2.79. The zero-order valence-electron chi connectivity index (χ0n) is 13.7. The van der Waals surface area contributed by atoms with Crippen LogP contribution in [0.25, 0.3) is 0 Å². The second-order valence-corrected chi connectivity index (χ2v) is 6.48. The third-order valence-electron chi connectivity index (χ3n) is 3.32. The first-order valence-electron chi connectivity index (χ1n) is 7.64. The summed E-state index contributed by atoms with van der Waals surface area (Å²) >= 11 is 0. The standard InChI is InChI=1S/C15H24N4O3/c1-5-6-12(20)16-13-10-9-19(8-7-11(10)17-18-13)14(21)22-15(2,3)4/h5-9H2,1-4H3,(H2,16,17,18,20). The Morgan fingerprint density at radius 3 is 2.77 bits per heavy atom. The van der Waals surface area contributed by atoms with E-state index in [0.717, 1.165) is 17.7 Å². The van der Waals surface area contributed by atoms with Crippen molar-refractivity contribution in [2.75, 3.05) is 11.9 Å². The summed E-state index contributed by atoms with van der Waals surface area (Å²) in [7, 11) is 0. The Morgan fingerprint density at radius 1 is 1.41 bits per heavy atom. The van der Waals surface area contributed by atoms with Gasteiger partial charge in [0.25, 0.3) is 0 Å². The number of anilines is 1. The van der Waals surface area contributed by atoms with Crippen molar-refractivity contribution in [1.82, 2.24) is 15.1 Å². The summed E-state index contributed by atoms with van der Waals surface area (Å²) in [5, 5.41) is 9.89. The van der Waals surface area contributed by atoms with Crippen LogP contribution in [0, 0.1) is 0 Å². The lowest BCUT2D eigenvalue weighted by Gasteiger charge is -2.30. The molecule has 0 fully saturated rings. The minimum absolute atomic E-state index is 0.0637. The van der Waals surface area contributed by atoms with Crippen molar-refractivity contribution in [3.8, 4) is 0 Å². The molecule has 1 aliphatic heterocycles. The summed E-state index contributed by atoms with van der Waals surface area (Å²) in [6.45, 7) is 8.44. The predicted molar refractivity (Wildman–Crippen MR) is 82.5 cm³/mol. The van der Waals surface area contributed by atoms with Crippen LogP contribution < -0.4 is 5.32 Å². The number of fused-ring (bicyclic) bond motifs is 1. The minimum Gasteiger partial charge on any atom is -0.444 e. The lowest BCUT2D eigenvalue weighted by Crippen LogP contribution is -2.40. The molecule has 7 nitrogen and oxygen atoms in total. The summed E-state index contributed by atoms with van der Waals surface area (Å²) in [6, 6.07) is 0. The predicted octanol–water partition coefficient (Wildman–Crippen LogP) is 2.44. The Hall–Kier alpha value is -2.05. The van der Waals surface area contributed by atoms with Crippen molar-refractivity contribution in [2.24, 2.45) is 0 Å². The van der Waals surface area contributed by atoms with E-state index in [-0.39, 0.29) is 12.0 Å². The fourth-order valence-corrected chi connectivity index (χ4v) is 2.30. The number of hydrogen-bond acceptors (Lipinski definition) is 4. The van der Waals surface area contributed by atoms with Crippen LogP contribution in [0.3, 0.4) is 0 Å². The van der Waals surface area contributed by atoms with E-state index in [1.54, 1.807) is 4.90 Å². The number of nitrogens with zero attached hydrogens (tertiary/aromatic N) is 2. The number of aromatic nitrogens is 2. The van der Waals surface area contributed by atoms with Gasteiger partial charge < -0.3 is 15.0 Å². The first-order chi connectivity index (χ1) is 10.3. The molecule has 0 bridgehead atoms. The van der Waals surface area contributed by atoms with Crippen LogP contribution in [0.15, 0.2) is 0 Å². The SMILES string of the molecule is CCCC(=O)Nc1n[nH]c2c1CN(C(=O)OC(C)(C)C)CC2. The molecular formula is C15H24N4O3. The summed E-state index contributed by atoms with van der Waals surface area (Å²) in [5.74, 6) is 0.452. The number of H-pyrrole nitrogens is 1. The zero-order chi connectivity index (χ0) is 16.3. The molecule has 2 heterocycles. The Morgan fingerprint density at radius 2 is 2.14 bits per heavy atom. The highest BCUT2D eigenvalue weighted by Gasteiger charge is 2.28. The van der Waals surface area contributed by atoms with E-state index in [1.165, 1.54) is 0 Å². The van der Waals surface area contributed by atoms with E-state index in [2.05, 4.69) is 15.5 Å². The Bertz CT molecular complexity index is 560. The largest absolute Gasteiger partial charge is 0.444 e. The molecule has 0 saturated carbocycles. The number of nitrogens with one attached hydrogen (secondary N) is 2. The van der Waals surface area contributed by atoms with Crippen molar-refractivity contribution in [1.29, 1.82) is 0 Å². The van der Waals surface area contributed by atoms with Crippen LogP contribution in [0.5, 0.6) is 0 Å². The van der Waals surface area contributed by atoms with Gasteiger partial charge in [-0.1, -0.05) is 6.92 Å². The molecule has 0 saturated heterocycles. The maximum atomic E-state index is 12.2. The van der Waals surface area contributed by atoms with Crippen molar-refractivity contribution in [3.05, 3.63) is 11.3 Å². The third kappa shape index (κ3) is 3.99. The molecule has 0 radical (unpaired) electrons. The lowest BCUT2D eigenvalue weighted by atomic mass is 10.1. The summed E-state index contributed by atoms with van der Waals surface area (Å²) in [4.78, 5) is 25.5. The first-order valence-corrected chi connectivity index (χ1v) is 7.64. The topological polar surface area (TPSA) is 87.3 Å². The molecule has 7 heteroatoms. The quantitative estimate of drug-likeness (QED) is 0.898. The molecule has 0 atom stereocenters. The van der Waals surface area contributed by atoms with E-state index in [0.29, 0.717) is 31.7 Å². The van der Waals surface area contributed by atoms with Gasteiger partial charge in [-0.25, -0.2) is 4.79 Å². The maximum absolute atomic E-state index is 12.2. The number of carbonyl (C=O) groups excluding carboxylic acids is 2. The molecule has 1 aromatic rings. The molecule has 1 aliphatic rings. The second-order valence-electron chi connectivity index (χ2n) is 6.48. The average molecular weight is 308 g/mol. The smallest absolute Gasteiger partial charge is 0.410 e. The van der Waals surface area contributed by atoms with Crippen LogP contribution in [-0.2, 0) is 22.5 Å². The zero-order valence-corrected chi connectivity index (χ0v) is 13.7. The van der Waals surface area contributed by atoms with Crippen LogP contribution in [0.4, 0.5) is 10.6 Å². The number of amides is 2. The highest BCUT2D eigenvalue weighted by atomic mass is 16.6. The molecular weight excluding hydrogens is 284 g/mol. The molecule has 2 amide bonds. The van der Waals surface area contributed by atoms with Gasteiger partial charge >= 0.3 is 6.09 Å². The fraction of sp³-hybridized carbons (Fsp3) is 0.667. The summed E-state index contributed by atoms with van der Waals surface area (Å²) in [6.07, 6.45) is 1.57. The maximum Gasteiger partial charge on any atom is 0.410 e. The normalized spacial score (nSPS) is 14.5. The Balaban J connectivity index is 2.07. The van der Waals surface area contributed by atoms with Gasteiger partial charge in [-0.05, 0) is 27.2 Å². The van der Waals surface area contributed by atoms with Gasteiger partial charge in [0.2, 0.25) is 5.91 Å². The molecule has 2 N–H and O–H groups in total. The fourth-order valence-electron chi connectivity index (χ4n) is 2.30. The number of hydrogen-bond donors (Lipinski definition) is 2. The van der Waals surface area contributed by atoms with Crippen LogP contribution in [-0.4, -0.2) is 39.2 Å². The number of ether oxygens (including phenoxy) is 1. The molecule has 0 aliphatic carbocycles. The van der Waals surface area contributed by atoms with Gasteiger partial charge in [0, 0.05) is 30.6 Å². The molecule has 122 valence electrons. The van der Waals surface area contributed by atoms with Gasteiger partial charge in [-0.2, -0.15) is 5.10 Å². The van der Waals surface area contributed by atoms with Crippen molar-refractivity contribution in [3.63, 3.8) is 0 Å². The Kier molecular flexibility index (Phi) is 4.73. The van der Waals surface area contributed by atoms with E-state index >= 15 is 0 Å². The molecule has 0 aromatic carbocycles. The summed E-state index contributed by atoms with van der Waals surface area (Å²) in [5.41, 5.74) is 1.31. The van der Waals surface area contributed by atoms with Crippen LogP contribution >= 0.6 is 0 Å². The van der Waals surface area contributed by atoms with Gasteiger partial charge in [0.05, 0.1) is 6.54 Å². The van der Waals surface area contributed by atoms with Crippen molar-refractivity contribution >= 4 is 17.8 Å². The van der Waals surface area contributed by atoms with Crippen molar-refractivity contribution < 1.29 is 14.3 Å². The minimum atomic E-state index is -0.522. The van der Waals surface area contributed by atoms with E-state index in [4.69, 9.17) is 4.74 Å². The number of aromatic amines is 1. The summed E-state index contributed by atoms with van der Waals surface area (Å²) < 4.78 is 5.40. The molecule has 0 spiro atoms. The third-order valence-corrected chi connectivity index (χ3v) is 3.32. The molecule has 0 unspecified atom stereocenters. The highest BCUT2D eigenvalue weighted by molar-refractivity contribution is 5.90. The van der Waals surface area contributed by atoms with E-state index in [9.17, 15) is 9.59 Å². The Labute approximate surface area is 130 Å². The number of rotatable bonds is 3. The van der Waals surface area contributed by atoms with Gasteiger partial charge in [-0.3, -0.25) is 9.89 Å². The number of carbonyl (C=O) groups is 2. The van der Waals surface area contributed by atoms with Gasteiger partial charge in [0.1, 0.15) is 5.60 Å². The van der Waals surface area contributed by atoms with Crippen LogP contribution in [0.2, 0.25) is 0 Å². The van der Waals surface area contributed by atoms with E-state index in [1.807, 2.05) is 27.7 Å². The van der Waals surface area contributed by atoms with Crippen molar-refractivity contribution in [2.45, 2.75) is 59.1 Å². The van der Waals surface area contributed by atoms with E-state index < -0.39 is 5.60 Å².